The summed E-state index contributed by atoms with van der Waals surface area (Å²) in [7, 11) is 0. The third kappa shape index (κ3) is 11.4. The van der Waals surface area contributed by atoms with Gasteiger partial charge in [0.2, 0.25) is 0 Å². The average Bonchev–Trinajstić information content (AvgIpc) is 2.98. The quantitative estimate of drug-likeness (QED) is 0.205. The number of carbonyl (C=O) groups is 2. The highest BCUT2D eigenvalue weighted by Gasteiger charge is 2.29. The Morgan fingerprint density at radius 1 is 1.05 bits per heavy atom. The summed E-state index contributed by atoms with van der Waals surface area (Å²) < 4.78 is 16.8. The molecule has 0 unspecified atom stereocenters. The van der Waals surface area contributed by atoms with Gasteiger partial charge in [-0.15, -0.1) is 0 Å². The summed E-state index contributed by atoms with van der Waals surface area (Å²) in [5.41, 5.74) is 2.61. The first-order chi connectivity index (χ1) is 20.9. The van der Waals surface area contributed by atoms with Crippen LogP contribution < -0.4 is 10.1 Å². The summed E-state index contributed by atoms with van der Waals surface area (Å²) in [5.74, 6) is 0.804. The molecule has 0 fully saturated rings. The van der Waals surface area contributed by atoms with Gasteiger partial charge in [-0.05, 0) is 68.0 Å². The summed E-state index contributed by atoms with van der Waals surface area (Å²) in [4.78, 5) is 32.3. The minimum atomic E-state index is -1.18. The van der Waals surface area contributed by atoms with Crippen molar-refractivity contribution < 1.29 is 28.9 Å². The van der Waals surface area contributed by atoms with Gasteiger partial charge >= 0.3 is 12.2 Å². The molecule has 1 heterocycles. The average molecular weight is 604 g/mol. The number of hydrogen-bond acceptors (Lipinski definition) is 7. The van der Waals surface area contributed by atoms with E-state index in [4.69, 9.17) is 14.2 Å². The lowest BCUT2D eigenvalue weighted by molar-refractivity contribution is 0.0325. The highest BCUT2D eigenvalue weighted by Crippen LogP contribution is 2.21. The number of carbonyl (C=O) groups excluding carboxylic acids is 2. The fourth-order valence-corrected chi connectivity index (χ4v) is 4.57. The fourth-order valence-electron chi connectivity index (χ4n) is 4.57. The van der Waals surface area contributed by atoms with Crippen molar-refractivity contribution >= 4 is 12.2 Å². The maximum Gasteiger partial charge on any atom is 0.410 e. The molecule has 2 N–H and O–H groups in total. The van der Waals surface area contributed by atoms with E-state index in [2.05, 4.69) is 30.7 Å². The third-order valence-electron chi connectivity index (χ3n) is 6.65. The van der Waals surface area contributed by atoms with Crippen LogP contribution in [0.1, 0.15) is 62.9 Å². The topological polar surface area (TPSA) is 110 Å². The van der Waals surface area contributed by atoms with E-state index >= 15 is 0 Å². The van der Waals surface area contributed by atoms with E-state index < -0.39 is 29.9 Å². The number of pyridine rings is 1. The van der Waals surface area contributed by atoms with E-state index in [0.29, 0.717) is 18.1 Å². The van der Waals surface area contributed by atoms with Gasteiger partial charge in [-0.2, -0.15) is 0 Å². The van der Waals surface area contributed by atoms with Crippen LogP contribution in [0.3, 0.4) is 0 Å². The molecule has 44 heavy (non-hydrogen) atoms. The first kappa shape index (κ1) is 34.1. The number of aliphatic hydroxyl groups is 1. The summed E-state index contributed by atoms with van der Waals surface area (Å²) in [6.07, 6.45) is 1.12. The monoisotopic (exact) mass is 603 g/mol. The Labute approximate surface area is 260 Å². The molecule has 3 rings (SSSR count). The number of benzene rings is 2. The van der Waals surface area contributed by atoms with Gasteiger partial charge in [-0.25, -0.2) is 9.59 Å². The van der Waals surface area contributed by atoms with E-state index in [1.54, 1.807) is 33.0 Å². The Balaban J connectivity index is 1.88. The molecule has 236 valence electrons. The minimum absolute atomic E-state index is 0.0720. The maximum atomic E-state index is 13.5. The van der Waals surface area contributed by atoms with Crippen molar-refractivity contribution in [1.82, 2.24) is 15.2 Å². The van der Waals surface area contributed by atoms with Crippen LogP contribution in [-0.4, -0.2) is 58.1 Å². The van der Waals surface area contributed by atoms with Crippen LogP contribution >= 0.6 is 0 Å². The van der Waals surface area contributed by atoms with Crippen LogP contribution in [0.25, 0.3) is 0 Å². The Kier molecular flexibility index (Phi) is 12.8. The number of hydrogen-bond donors (Lipinski definition) is 2. The van der Waals surface area contributed by atoms with Gasteiger partial charge in [0.05, 0.1) is 30.9 Å². The van der Waals surface area contributed by atoms with Gasteiger partial charge in [0.1, 0.15) is 24.6 Å². The van der Waals surface area contributed by atoms with Crippen molar-refractivity contribution in [3.63, 3.8) is 0 Å². The lowest BCUT2D eigenvalue weighted by Gasteiger charge is -2.31. The molecule has 0 saturated carbocycles. The number of amides is 2. The normalized spacial score (nSPS) is 12.6. The van der Waals surface area contributed by atoms with Crippen molar-refractivity contribution in [1.29, 1.82) is 0 Å². The summed E-state index contributed by atoms with van der Waals surface area (Å²) in [6.45, 7) is 13.5. The van der Waals surface area contributed by atoms with Gasteiger partial charge in [0.15, 0.2) is 0 Å². The van der Waals surface area contributed by atoms with Gasteiger partial charge < -0.3 is 24.6 Å². The second kappa shape index (κ2) is 16.5. The number of aliphatic hydroxyl groups excluding tert-OH is 1. The fraction of sp³-hybridized carbons (Fsp3) is 0.400. The predicted octanol–water partition coefficient (Wildman–Crippen LogP) is 6.41. The van der Waals surface area contributed by atoms with Crippen LogP contribution in [0.4, 0.5) is 9.59 Å². The standard InChI is InChI=1S/C35H45N3O6/c1-7-19-42-28-16-11-15-27(20-28)21-30(37-33(40)44-35(4,5)6)32(39)23-38(22-31-29(25(2)3)17-12-18-36-31)34(41)43-24-26-13-9-8-10-14-26/h7-18,20,25,30,32,39H,1,19,21-24H2,2-6H3,(H,37,40)/t30-,32-/m0/s1. The first-order valence-corrected chi connectivity index (χ1v) is 14.8. The molecule has 0 spiro atoms. The maximum absolute atomic E-state index is 13.5. The van der Waals surface area contributed by atoms with Crippen molar-refractivity contribution in [2.45, 2.75) is 77.9 Å². The zero-order valence-corrected chi connectivity index (χ0v) is 26.4. The van der Waals surface area contributed by atoms with Gasteiger partial charge in [0, 0.05) is 6.20 Å². The molecule has 2 aromatic carbocycles. The SMILES string of the molecule is C=CCOc1cccc(C[C@H](NC(=O)OC(C)(C)C)[C@@H](O)CN(Cc2ncccc2C(C)C)C(=O)OCc2ccccc2)c1. The van der Waals surface area contributed by atoms with Gasteiger partial charge in [0.25, 0.3) is 0 Å². The van der Waals surface area contributed by atoms with Crippen molar-refractivity contribution in [3.8, 4) is 5.75 Å². The van der Waals surface area contributed by atoms with E-state index in [1.807, 2.05) is 66.7 Å². The predicted molar refractivity (Wildman–Crippen MR) is 170 cm³/mol. The number of alkyl carbamates (subject to hydrolysis) is 1. The Morgan fingerprint density at radius 2 is 1.77 bits per heavy atom. The molecule has 1 aromatic heterocycles. The minimum Gasteiger partial charge on any atom is -0.490 e. The molecular weight excluding hydrogens is 558 g/mol. The number of nitrogens with zero attached hydrogens (tertiary/aromatic N) is 2. The number of aromatic nitrogens is 1. The van der Waals surface area contributed by atoms with Crippen LogP contribution in [0.15, 0.2) is 85.6 Å². The second-order valence-corrected chi connectivity index (χ2v) is 11.9. The van der Waals surface area contributed by atoms with E-state index in [-0.39, 0.29) is 32.0 Å². The van der Waals surface area contributed by atoms with Crippen LogP contribution in [-0.2, 0) is 29.0 Å². The van der Waals surface area contributed by atoms with Crippen LogP contribution in [0.5, 0.6) is 5.75 Å². The van der Waals surface area contributed by atoms with Gasteiger partial charge in [-0.3, -0.25) is 9.88 Å². The zero-order valence-electron chi connectivity index (χ0n) is 26.4. The molecule has 0 radical (unpaired) electrons. The number of rotatable bonds is 14. The van der Waals surface area contributed by atoms with Crippen LogP contribution in [0.2, 0.25) is 0 Å². The molecule has 9 nitrogen and oxygen atoms in total. The Morgan fingerprint density at radius 3 is 2.45 bits per heavy atom. The molecule has 0 aliphatic rings. The van der Waals surface area contributed by atoms with Gasteiger partial charge in [-0.1, -0.05) is 75.0 Å². The number of nitrogens with one attached hydrogen (secondary N) is 1. The van der Waals surface area contributed by atoms with E-state index in [1.165, 1.54) is 4.90 Å². The summed E-state index contributed by atoms with van der Waals surface area (Å²) in [6, 6.07) is 19.8. The van der Waals surface area contributed by atoms with Crippen molar-refractivity contribution in [2.75, 3.05) is 13.2 Å². The Hall–Kier alpha value is -4.37. The first-order valence-electron chi connectivity index (χ1n) is 14.8. The van der Waals surface area contributed by atoms with Crippen molar-refractivity contribution in [3.05, 3.63) is 108 Å². The Bertz CT molecular complexity index is 1360. The van der Waals surface area contributed by atoms with E-state index in [0.717, 1.165) is 16.7 Å². The molecule has 0 bridgehead atoms. The lowest BCUT2D eigenvalue weighted by Crippen LogP contribution is -2.51. The molecule has 0 saturated heterocycles. The largest absolute Gasteiger partial charge is 0.490 e. The molecule has 9 heteroatoms. The second-order valence-electron chi connectivity index (χ2n) is 11.9. The molecule has 2 atom stereocenters. The highest BCUT2D eigenvalue weighted by molar-refractivity contribution is 5.69. The number of ether oxygens (including phenoxy) is 3. The zero-order chi connectivity index (χ0) is 32.1. The highest BCUT2D eigenvalue weighted by atomic mass is 16.6. The molecule has 2 amide bonds. The third-order valence-corrected chi connectivity index (χ3v) is 6.65. The molecular formula is C35H45N3O6. The van der Waals surface area contributed by atoms with Crippen molar-refractivity contribution in [2.24, 2.45) is 0 Å². The smallest absolute Gasteiger partial charge is 0.410 e. The molecule has 3 aromatic rings. The summed E-state index contributed by atoms with van der Waals surface area (Å²) >= 11 is 0. The molecule has 0 aliphatic carbocycles. The molecule has 0 aliphatic heterocycles. The van der Waals surface area contributed by atoms with E-state index in [9.17, 15) is 14.7 Å². The van der Waals surface area contributed by atoms with Crippen LogP contribution in [0, 0.1) is 0 Å². The lowest BCUT2D eigenvalue weighted by atomic mass is 9.99. The summed E-state index contributed by atoms with van der Waals surface area (Å²) in [5, 5.41) is 14.4.